The Hall–Kier alpha value is -2.19. The highest BCUT2D eigenvalue weighted by Gasteiger charge is 2.79. The maximum absolute atomic E-state index is 14.3. The molecule has 2 bridgehead atoms. The number of aliphatic hydroxyl groups is 1. The van der Waals surface area contributed by atoms with Crippen LogP contribution in [0.1, 0.15) is 60.8 Å². The van der Waals surface area contributed by atoms with Gasteiger partial charge in [-0.2, -0.15) is 0 Å². The molecular weight excluding hydrogens is 448 g/mol. The summed E-state index contributed by atoms with van der Waals surface area (Å²) >= 11 is 0. The standard InChI is InChI=1S/C27H42N2O6/c1-9-14-28(25(6,7)8)23(32)21-27-13-12-26(11-3,35-27)20(24(33)34-15-10-2)19(27)22(31)29(21)18(16-30)17(4)5/h9-10,17-21,30H,1-2,11-16H2,3-8H3/t18-,19-,20+,21?,26-,27?/m0/s1. The van der Waals surface area contributed by atoms with Crippen LogP contribution in [0.5, 0.6) is 0 Å². The van der Waals surface area contributed by atoms with Crippen LogP contribution in [0.3, 0.4) is 0 Å². The zero-order chi connectivity index (χ0) is 26.3. The summed E-state index contributed by atoms with van der Waals surface area (Å²) in [4.78, 5) is 45.1. The van der Waals surface area contributed by atoms with E-state index in [-0.39, 0.29) is 30.9 Å². The zero-order valence-electron chi connectivity index (χ0n) is 22.1. The van der Waals surface area contributed by atoms with Gasteiger partial charge in [0.2, 0.25) is 11.8 Å². The lowest BCUT2D eigenvalue weighted by Crippen LogP contribution is -2.62. The number of aliphatic hydroxyl groups excluding tert-OH is 1. The van der Waals surface area contributed by atoms with E-state index in [2.05, 4.69) is 13.2 Å². The fourth-order valence-corrected chi connectivity index (χ4v) is 6.47. The number of likely N-dealkylation sites (tertiary alicyclic amines) is 1. The van der Waals surface area contributed by atoms with Crippen molar-refractivity contribution in [2.45, 2.75) is 89.6 Å². The van der Waals surface area contributed by atoms with Gasteiger partial charge in [-0.25, -0.2) is 0 Å². The smallest absolute Gasteiger partial charge is 0.313 e. The van der Waals surface area contributed by atoms with Crippen molar-refractivity contribution in [3.8, 4) is 0 Å². The number of carbonyl (C=O) groups is 3. The molecule has 0 radical (unpaired) electrons. The molecule has 0 aromatic heterocycles. The van der Waals surface area contributed by atoms with Crippen LogP contribution in [0.15, 0.2) is 25.3 Å². The first-order valence-corrected chi connectivity index (χ1v) is 12.7. The second kappa shape index (κ2) is 9.69. The number of esters is 1. The van der Waals surface area contributed by atoms with Crippen molar-refractivity contribution in [1.82, 2.24) is 9.80 Å². The molecule has 35 heavy (non-hydrogen) atoms. The van der Waals surface area contributed by atoms with Gasteiger partial charge in [0, 0.05) is 12.1 Å². The molecule has 3 rings (SSSR count). The maximum atomic E-state index is 14.3. The quantitative estimate of drug-likeness (QED) is 0.374. The van der Waals surface area contributed by atoms with E-state index >= 15 is 0 Å². The molecule has 3 fully saturated rings. The summed E-state index contributed by atoms with van der Waals surface area (Å²) in [6, 6.07) is -1.54. The molecule has 3 heterocycles. The third-order valence-corrected chi connectivity index (χ3v) is 8.15. The molecule has 1 N–H and O–H groups in total. The fourth-order valence-electron chi connectivity index (χ4n) is 6.47. The van der Waals surface area contributed by atoms with E-state index in [0.29, 0.717) is 25.8 Å². The van der Waals surface area contributed by atoms with E-state index in [1.165, 1.54) is 11.0 Å². The number of rotatable bonds is 10. The van der Waals surface area contributed by atoms with Gasteiger partial charge in [0.25, 0.3) is 0 Å². The average molecular weight is 491 g/mol. The lowest BCUT2D eigenvalue weighted by molar-refractivity contribution is -0.164. The molecule has 1 spiro atoms. The minimum Gasteiger partial charge on any atom is -0.461 e. The SMILES string of the molecule is C=CCOC(=O)[C@H]1[C@H]2C(=O)N([C@@H](CO)C(C)C)C(C(=O)N(CC=C)C(C)(C)C)C23CC[C@]1(CC)O3. The molecule has 2 unspecified atom stereocenters. The first-order valence-electron chi connectivity index (χ1n) is 12.7. The van der Waals surface area contributed by atoms with Crippen molar-refractivity contribution in [2.75, 3.05) is 19.8 Å². The average Bonchev–Trinajstić information content (AvgIpc) is 3.39. The number of nitrogens with zero attached hydrogens (tertiary/aromatic N) is 2. The van der Waals surface area contributed by atoms with Gasteiger partial charge in [0.05, 0.1) is 24.2 Å². The van der Waals surface area contributed by atoms with Crippen molar-refractivity contribution < 1.29 is 29.0 Å². The van der Waals surface area contributed by atoms with E-state index in [1.54, 1.807) is 11.0 Å². The number of fused-ring (bicyclic) bond motifs is 1. The molecule has 0 saturated carbocycles. The van der Waals surface area contributed by atoms with Crippen LogP contribution < -0.4 is 0 Å². The Morgan fingerprint density at radius 2 is 1.94 bits per heavy atom. The van der Waals surface area contributed by atoms with Crippen LogP contribution in [0.4, 0.5) is 0 Å². The molecule has 8 nitrogen and oxygen atoms in total. The number of ether oxygens (including phenoxy) is 2. The third kappa shape index (κ3) is 4.12. The first kappa shape index (κ1) is 27.4. The minimum absolute atomic E-state index is 0.0392. The summed E-state index contributed by atoms with van der Waals surface area (Å²) in [5.74, 6) is -2.84. The third-order valence-electron chi connectivity index (χ3n) is 8.15. The highest BCUT2D eigenvalue weighted by atomic mass is 16.6. The molecule has 3 aliphatic heterocycles. The van der Waals surface area contributed by atoms with Crippen LogP contribution in [0.25, 0.3) is 0 Å². The molecular formula is C27H42N2O6. The highest BCUT2D eigenvalue weighted by Crippen LogP contribution is 2.65. The molecule has 196 valence electrons. The molecule has 3 saturated heterocycles. The van der Waals surface area contributed by atoms with E-state index in [9.17, 15) is 19.5 Å². The first-order chi connectivity index (χ1) is 16.4. The minimum atomic E-state index is -1.16. The number of hydrogen-bond acceptors (Lipinski definition) is 6. The van der Waals surface area contributed by atoms with Crippen molar-refractivity contribution in [3.05, 3.63) is 25.3 Å². The van der Waals surface area contributed by atoms with Gasteiger partial charge in [0.1, 0.15) is 24.2 Å². The highest BCUT2D eigenvalue weighted by molar-refractivity contribution is 5.99. The predicted octanol–water partition coefficient (Wildman–Crippen LogP) is 2.70. The van der Waals surface area contributed by atoms with Crippen molar-refractivity contribution >= 4 is 17.8 Å². The largest absolute Gasteiger partial charge is 0.461 e. The summed E-state index contributed by atoms with van der Waals surface area (Å²) in [5.41, 5.74) is -2.56. The monoisotopic (exact) mass is 490 g/mol. The Labute approximate surface area is 209 Å². The summed E-state index contributed by atoms with van der Waals surface area (Å²) in [6.45, 7) is 19.1. The van der Waals surface area contributed by atoms with Gasteiger partial charge >= 0.3 is 5.97 Å². The normalized spacial score (nSPS) is 32.5. The predicted molar refractivity (Wildman–Crippen MR) is 132 cm³/mol. The summed E-state index contributed by atoms with van der Waals surface area (Å²) in [7, 11) is 0. The lowest BCUT2D eigenvalue weighted by atomic mass is 9.65. The molecule has 8 heteroatoms. The van der Waals surface area contributed by atoms with Crippen LogP contribution in [-0.4, -0.2) is 81.3 Å². The van der Waals surface area contributed by atoms with Gasteiger partial charge in [-0.15, -0.1) is 6.58 Å². The van der Waals surface area contributed by atoms with Gasteiger partial charge in [-0.1, -0.05) is 39.5 Å². The van der Waals surface area contributed by atoms with E-state index in [1.807, 2.05) is 41.5 Å². The summed E-state index contributed by atoms with van der Waals surface area (Å²) < 4.78 is 12.2. The molecule has 6 atom stereocenters. The van der Waals surface area contributed by atoms with Gasteiger partial charge in [0.15, 0.2) is 0 Å². The van der Waals surface area contributed by atoms with Crippen LogP contribution in [-0.2, 0) is 23.9 Å². The van der Waals surface area contributed by atoms with E-state index in [4.69, 9.17) is 9.47 Å². The molecule has 2 amide bonds. The Morgan fingerprint density at radius 1 is 1.29 bits per heavy atom. The number of amides is 2. The topological polar surface area (TPSA) is 96.4 Å². The summed E-state index contributed by atoms with van der Waals surface area (Å²) in [6.07, 6.45) is 4.73. The maximum Gasteiger partial charge on any atom is 0.313 e. The second-order valence-corrected chi connectivity index (χ2v) is 11.4. The van der Waals surface area contributed by atoms with E-state index < -0.39 is 46.6 Å². The molecule has 0 aromatic carbocycles. The number of carbonyl (C=O) groups excluding carboxylic acids is 3. The van der Waals surface area contributed by atoms with E-state index in [0.717, 1.165) is 0 Å². The summed E-state index contributed by atoms with van der Waals surface area (Å²) in [5, 5.41) is 10.3. The number of hydrogen-bond donors (Lipinski definition) is 1. The van der Waals surface area contributed by atoms with Crippen LogP contribution >= 0.6 is 0 Å². The van der Waals surface area contributed by atoms with Gasteiger partial charge < -0.3 is 24.4 Å². The van der Waals surface area contributed by atoms with Crippen molar-refractivity contribution in [2.24, 2.45) is 17.8 Å². The van der Waals surface area contributed by atoms with Crippen molar-refractivity contribution in [3.63, 3.8) is 0 Å². The second-order valence-electron chi connectivity index (χ2n) is 11.4. The van der Waals surface area contributed by atoms with Crippen LogP contribution in [0, 0.1) is 17.8 Å². The fraction of sp³-hybridized carbons (Fsp3) is 0.741. The zero-order valence-corrected chi connectivity index (χ0v) is 22.1. The Kier molecular flexibility index (Phi) is 7.59. The van der Waals surface area contributed by atoms with Gasteiger partial charge in [-0.05, 0) is 46.0 Å². The molecule has 0 aromatic rings. The van der Waals surface area contributed by atoms with Gasteiger partial charge in [-0.3, -0.25) is 14.4 Å². The molecule has 3 aliphatic rings. The van der Waals surface area contributed by atoms with Crippen molar-refractivity contribution in [1.29, 1.82) is 0 Å². The Morgan fingerprint density at radius 3 is 2.43 bits per heavy atom. The Balaban J connectivity index is 2.20. The lowest BCUT2D eigenvalue weighted by Gasteiger charge is -2.44. The van der Waals surface area contributed by atoms with Crippen LogP contribution in [0.2, 0.25) is 0 Å². The molecule has 0 aliphatic carbocycles. The Bertz CT molecular complexity index is 879.